The Kier molecular flexibility index (Phi) is 5.11. The van der Waals surface area contributed by atoms with Gasteiger partial charge in [0.2, 0.25) is 0 Å². The molecule has 1 aromatic carbocycles. The van der Waals surface area contributed by atoms with Crippen LogP contribution in [0.2, 0.25) is 8.67 Å². The molecule has 122 valence electrons. The van der Waals surface area contributed by atoms with E-state index in [1.54, 1.807) is 6.07 Å². The summed E-state index contributed by atoms with van der Waals surface area (Å²) in [7, 11) is 2.12. The maximum atomic E-state index is 12.5. The number of amides is 1. The fourth-order valence-electron chi connectivity index (χ4n) is 2.59. The molecule has 0 atom stereocenters. The number of nitrogens with zero attached hydrogens (tertiary/aromatic N) is 2. The van der Waals surface area contributed by atoms with Gasteiger partial charge in [0.05, 0.1) is 21.3 Å². The molecular formula is C16H17Cl2N3OS. The van der Waals surface area contributed by atoms with Crippen molar-refractivity contribution in [2.75, 3.05) is 43.4 Å². The lowest BCUT2D eigenvalue weighted by Crippen LogP contribution is -2.44. The lowest BCUT2D eigenvalue weighted by atomic mass is 10.2. The van der Waals surface area contributed by atoms with Gasteiger partial charge in [-0.1, -0.05) is 35.3 Å². The number of benzene rings is 1. The van der Waals surface area contributed by atoms with E-state index < -0.39 is 0 Å². The van der Waals surface area contributed by atoms with Crippen LogP contribution in [-0.2, 0) is 0 Å². The first kappa shape index (κ1) is 16.6. The predicted octanol–water partition coefficient (Wildman–Crippen LogP) is 4.06. The monoisotopic (exact) mass is 369 g/mol. The molecule has 0 spiro atoms. The van der Waals surface area contributed by atoms with Crippen molar-refractivity contribution in [3.63, 3.8) is 0 Å². The van der Waals surface area contributed by atoms with E-state index in [2.05, 4.69) is 22.2 Å². The predicted molar refractivity (Wildman–Crippen MR) is 98.4 cm³/mol. The van der Waals surface area contributed by atoms with Crippen molar-refractivity contribution in [3.05, 3.63) is 44.6 Å². The fourth-order valence-corrected chi connectivity index (χ4v) is 4.05. The van der Waals surface area contributed by atoms with Crippen molar-refractivity contribution in [2.45, 2.75) is 0 Å². The first-order valence-corrected chi connectivity index (χ1v) is 8.90. The van der Waals surface area contributed by atoms with Crippen molar-refractivity contribution in [1.29, 1.82) is 0 Å². The molecule has 1 aromatic heterocycles. The highest BCUT2D eigenvalue weighted by molar-refractivity contribution is 7.20. The van der Waals surface area contributed by atoms with Crippen molar-refractivity contribution in [3.8, 4) is 0 Å². The SMILES string of the molecule is CN1CCN(c2ccccc2NC(=O)c2cc(Cl)sc2Cl)CC1. The van der Waals surface area contributed by atoms with Crippen molar-refractivity contribution in [2.24, 2.45) is 0 Å². The molecule has 1 fully saturated rings. The van der Waals surface area contributed by atoms with E-state index in [9.17, 15) is 4.79 Å². The van der Waals surface area contributed by atoms with Crippen molar-refractivity contribution >= 4 is 51.8 Å². The standard InChI is InChI=1S/C16H17Cl2N3OS/c1-20-6-8-21(9-7-20)13-5-3-2-4-12(13)19-16(22)11-10-14(17)23-15(11)18/h2-5,10H,6-9H2,1H3,(H,19,22). The first-order chi connectivity index (χ1) is 11.0. The van der Waals surface area contributed by atoms with E-state index >= 15 is 0 Å². The Morgan fingerprint density at radius 2 is 1.87 bits per heavy atom. The van der Waals surface area contributed by atoms with Gasteiger partial charge in [-0.2, -0.15) is 0 Å². The summed E-state index contributed by atoms with van der Waals surface area (Å²) in [5, 5.41) is 2.96. The van der Waals surface area contributed by atoms with Gasteiger partial charge in [-0.15, -0.1) is 11.3 Å². The van der Waals surface area contributed by atoms with Gasteiger partial charge in [-0.05, 0) is 25.2 Å². The van der Waals surface area contributed by atoms with Crippen LogP contribution in [0, 0.1) is 0 Å². The summed E-state index contributed by atoms with van der Waals surface area (Å²) in [4.78, 5) is 17.0. The van der Waals surface area contributed by atoms with Crippen LogP contribution in [0.1, 0.15) is 10.4 Å². The molecule has 23 heavy (non-hydrogen) atoms. The summed E-state index contributed by atoms with van der Waals surface area (Å²) >= 11 is 13.2. The molecule has 0 radical (unpaired) electrons. The Morgan fingerprint density at radius 1 is 1.17 bits per heavy atom. The molecule has 1 saturated heterocycles. The Morgan fingerprint density at radius 3 is 2.52 bits per heavy atom. The average Bonchev–Trinajstić information content (AvgIpc) is 2.87. The second-order valence-corrected chi connectivity index (χ2v) is 7.79. The van der Waals surface area contributed by atoms with E-state index in [0.29, 0.717) is 14.2 Å². The highest BCUT2D eigenvalue weighted by atomic mass is 35.5. The first-order valence-electron chi connectivity index (χ1n) is 7.33. The number of thiophene rings is 1. The van der Waals surface area contributed by atoms with Crippen molar-refractivity contribution < 1.29 is 4.79 Å². The number of anilines is 2. The van der Waals surface area contributed by atoms with E-state index in [0.717, 1.165) is 37.6 Å². The van der Waals surface area contributed by atoms with E-state index in [1.165, 1.54) is 11.3 Å². The fraction of sp³-hybridized carbons (Fsp3) is 0.312. The molecule has 0 aliphatic carbocycles. The average molecular weight is 370 g/mol. The Labute approximate surface area is 149 Å². The third-order valence-corrected chi connectivity index (χ3v) is 5.39. The molecule has 0 saturated carbocycles. The van der Waals surface area contributed by atoms with Crippen LogP contribution in [-0.4, -0.2) is 44.0 Å². The van der Waals surface area contributed by atoms with Gasteiger partial charge in [0.15, 0.2) is 0 Å². The van der Waals surface area contributed by atoms with E-state index in [1.807, 2.05) is 24.3 Å². The van der Waals surface area contributed by atoms with Gasteiger partial charge in [0.1, 0.15) is 4.34 Å². The number of carbonyl (C=O) groups is 1. The van der Waals surface area contributed by atoms with Gasteiger partial charge in [-0.3, -0.25) is 4.79 Å². The van der Waals surface area contributed by atoms with Crippen LogP contribution >= 0.6 is 34.5 Å². The molecule has 2 aromatic rings. The number of nitrogens with one attached hydrogen (secondary N) is 1. The van der Waals surface area contributed by atoms with Gasteiger partial charge < -0.3 is 15.1 Å². The van der Waals surface area contributed by atoms with Gasteiger partial charge in [-0.25, -0.2) is 0 Å². The zero-order chi connectivity index (χ0) is 16.4. The number of para-hydroxylation sites is 2. The van der Waals surface area contributed by atoms with E-state index in [-0.39, 0.29) is 5.91 Å². The minimum Gasteiger partial charge on any atom is -0.367 e. The number of rotatable bonds is 3. The summed E-state index contributed by atoms with van der Waals surface area (Å²) in [6, 6.07) is 9.44. The zero-order valence-corrected chi connectivity index (χ0v) is 15.0. The lowest BCUT2D eigenvalue weighted by molar-refractivity contribution is 0.102. The number of piperazine rings is 1. The molecule has 7 heteroatoms. The maximum Gasteiger partial charge on any atom is 0.258 e. The Balaban J connectivity index is 1.80. The number of halogens is 2. The molecule has 3 rings (SSSR count). The van der Waals surface area contributed by atoms with Crippen LogP contribution in [0.15, 0.2) is 30.3 Å². The summed E-state index contributed by atoms with van der Waals surface area (Å²) in [6.07, 6.45) is 0. The van der Waals surface area contributed by atoms with E-state index in [4.69, 9.17) is 23.2 Å². The molecule has 0 unspecified atom stereocenters. The molecule has 1 aliphatic rings. The summed E-state index contributed by atoms with van der Waals surface area (Å²) < 4.78 is 0.914. The van der Waals surface area contributed by atoms with Crippen LogP contribution in [0.5, 0.6) is 0 Å². The molecule has 1 aliphatic heterocycles. The minimum absolute atomic E-state index is 0.236. The second kappa shape index (κ2) is 7.09. The van der Waals surface area contributed by atoms with Crippen LogP contribution in [0.4, 0.5) is 11.4 Å². The van der Waals surface area contributed by atoms with Gasteiger partial charge >= 0.3 is 0 Å². The molecule has 2 heterocycles. The zero-order valence-electron chi connectivity index (χ0n) is 12.7. The van der Waals surface area contributed by atoms with Crippen molar-refractivity contribution in [1.82, 2.24) is 4.90 Å². The quantitative estimate of drug-likeness (QED) is 0.885. The van der Waals surface area contributed by atoms with Crippen LogP contribution < -0.4 is 10.2 Å². The third kappa shape index (κ3) is 3.80. The number of carbonyl (C=O) groups excluding carboxylic acids is 1. The molecular weight excluding hydrogens is 353 g/mol. The van der Waals surface area contributed by atoms with Gasteiger partial charge in [0.25, 0.3) is 5.91 Å². The molecule has 0 bridgehead atoms. The maximum absolute atomic E-state index is 12.5. The lowest BCUT2D eigenvalue weighted by Gasteiger charge is -2.35. The summed E-state index contributed by atoms with van der Waals surface area (Å²) in [5.74, 6) is -0.236. The third-order valence-electron chi connectivity index (χ3n) is 3.90. The smallest absolute Gasteiger partial charge is 0.258 e. The number of hydrogen-bond acceptors (Lipinski definition) is 4. The Bertz CT molecular complexity index is 711. The molecule has 1 amide bonds. The summed E-state index contributed by atoms with van der Waals surface area (Å²) in [6.45, 7) is 3.89. The summed E-state index contributed by atoms with van der Waals surface area (Å²) in [5.41, 5.74) is 2.24. The topological polar surface area (TPSA) is 35.6 Å². The number of likely N-dealkylation sites (N-methyl/N-ethyl adjacent to an activating group) is 1. The molecule has 4 nitrogen and oxygen atoms in total. The highest BCUT2D eigenvalue weighted by Gasteiger charge is 2.19. The highest BCUT2D eigenvalue weighted by Crippen LogP contribution is 2.33. The number of hydrogen-bond donors (Lipinski definition) is 1. The normalized spacial score (nSPS) is 15.7. The van der Waals surface area contributed by atoms with Crippen LogP contribution in [0.3, 0.4) is 0 Å². The largest absolute Gasteiger partial charge is 0.367 e. The van der Waals surface area contributed by atoms with Gasteiger partial charge in [0, 0.05) is 26.2 Å². The second-order valence-electron chi connectivity index (χ2n) is 5.50. The minimum atomic E-state index is -0.236. The van der Waals surface area contributed by atoms with Crippen LogP contribution in [0.25, 0.3) is 0 Å². The Hall–Kier alpha value is -1.27. The molecule has 1 N–H and O–H groups in total.